The van der Waals surface area contributed by atoms with Crippen molar-refractivity contribution in [3.8, 4) is 0 Å². The number of carboxylic acid groups (broad SMARTS) is 1. The van der Waals surface area contributed by atoms with E-state index in [2.05, 4.69) is 8.92 Å². The fraction of sp³-hybridized carbons (Fsp3) is 0.875. The van der Waals surface area contributed by atoms with Gasteiger partial charge in [0.05, 0.1) is 12.7 Å². The van der Waals surface area contributed by atoms with Gasteiger partial charge >= 0.3 is 39.5 Å². The molecule has 45 heavy (non-hydrogen) atoms. The quantitative estimate of drug-likeness (QED) is 0.0886. The minimum Gasteiger partial charge on any atom is -0.481 e. The van der Waals surface area contributed by atoms with Crippen molar-refractivity contribution in [2.75, 3.05) is 13.2 Å². The Morgan fingerprint density at radius 2 is 1.64 bits per heavy atom. The standard InChI is InChI=1S/C24H35F8IO10SSi/c1-13-17-15(12-39-20(2,3)41-17)40-19(38-9-10-45(4,5)6)18(13)42-44(36,37)24(31,32)23(29,30)43-22(27,28)21(25,26)11-14(33)7-8-16(34)35/h11,13,15,17-19H,7-10,12H2,1-6H3,(H,34,35)/t13-,15?,17-,18?,19+/m0/s1. The molecule has 0 aromatic carbocycles. The molecule has 0 saturated carbocycles. The van der Waals surface area contributed by atoms with Crippen LogP contribution in [-0.2, 0) is 42.8 Å². The predicted octanol–water partition coefficient (Wildman–Crippen LogP) is 6.18. The van der Waals surface area contributed by atoms with Crippen LogP contribution in [0.15, 0.2) is 9.66 Å². The minimum absolute atomic E-state index is 0.0899. The van der Waals surface area contributed by atoms with Gasteiger partial charge in [-0.3, -0.25) is 8.98 Å². The van der Waals surface area contributed by atoms with Crippen molar-refractivity contribution in [1.82, 2.24) is 0 Å². The van der Waals surface area contributed by atoms with Crippen LogP contribution >= 0.6 is 22.6 Å². The van der Waals surface area contributed by atoms with Gasteiger partial charge in [0.15, 0.2) is 12.1 Å². The molecule has 2 heterocycles. The van der Waals surface area contributed by atoms with E-state index >= 15 is 0 Å². The second-order valence-corrected chi connectivity index (χ2v) is 20.8. The topological polar surface area (TPSA) is 127 Å². The average Bonchev–Trinajstić information content (AvgIpc) is 2.83. The number of ether oxygens (including phenoxy) is 5. The maximum absolute atomic E-state index is 14.9. The van der Waals surface area contributed by atoms with Crippen molar-refractivity contribution in [2.45, 2.75) is 113 Å². The van der Waals surface area contributed by atoms with Gasteiger partial charge in [0.2, 0.25) is 0 Å². The number of carbonyl (C=O) groups is 1. The van der Waals surface area contributed by atoms with Crippen molar-refractivity contribution < 1.29 is 81.3 Å². The fourth-order valence-corrected chi connectivity index (χ4v) is 6.43. The third-order valence-corrected chi connectivity index (χ3v) is 10.5. The zero-order valence-corrected chi connectivity index (χ0v) is 28.9. The number of aliphatic carboxylic acids is 1. The number of allylic oxidation sites excluding steroid dienone is 1. The van der Waals surface area contributed by atoms with Gasteiger partial charge < -0.3 is 24.1 Å². The zero-order valence-electron chi connectivity index (χ0n) is 24.9. The van der Waals surface area contributed by atoms with Gasteiger partial charge in [0, 0.05) is 33.1 Å². The molecule has 2 aliphatic rings. The Labute approximate surface area is 269 Å². The molecule has 0 bridgehead atoms. The number of carboxylic acids is 1. The summed E-state index contributed by atoms with van der Waals surface area (Å²) in [5.41, 5.74) is 0. The highest BCUT2D eigenvalue weighted by Gasteiger charge is 2.75. The number of fused-ring (bicyclic) bond motifs is 1. The maximum atomic E-state index is 14.9. The first kappa shape index (κ1) is 40.5. The number of rotatable bonds is 15. The molecule has 0 amide bonds. The van der Waals surface area contributed by atoms with Gasteiger partial charge in [-0.25, -0.2) is 4.74 Å². The van der Waals surface area contributed by atoms with Crippen LogP contribution in [0.2, 0.25) is 25.7 Å². The predicted molar refractivity (Wildman–Crippen MR) is 150 cm³/mol. The summed E-state index contributed by atoms with van der Waals surface area (Å²) in [7, 11) is -8.75. The van der Waals surface area contributed by atoms with E-state index in [0.29, 0.717) is 6.04 Å². The number of hydrogen-bond donors (Lipinski definition) is 1. The molecule has 0 aliphatic carbocycles. The van der Waals surface area contributed by atoms with E-state index in [-0.39, 0.29) is 13.2 Å². The lowest BCUT2D eigenvalue weighted by Gasteiger charge is -2.50. The highest BCUT2D eigenvalue weighted by Crippen LogP contribution is 2.49. The number of hydrogen-bond acceptors (Lipinski definition) is 9. The lowest BCUT2D eigenvalue weighted by atomic mass is 9.89. The molecule has 2 rings (SSSR count). The second kappa shape index (κ2) is 14.0. The van der Waals surface area contributed by atoms with Crippen LogP contribution in [0.25, 0.3) is 0 Å². The lowest BCUT2D eigenvalue weighted by molar-refractivity contribution is -0.449. The molecule has 21 heteroatoms. The van der Waals surface area contributed by atoms with Crippen LogP contribution in [0.1, 0.15) is 33.6 Å². The first-order valence-electron chi connectivity index (χ1n) is 13.4. The van der Waals surface area contributed by atoms with Crippen molar-refractivity contribution in [2.24, 2.45) is 5.92 Å². The van der Waals surface area contributed by atoms with Crippen LogP contribution < -0.4 is 0 Å². The third kappa shape index (κ3) is 10.2. The van der Waals surface area contributed by atoms with Crippen molar-refractivity contribution in [3.63, 3.8) is 0 Å². The summed E-state index contributed by atoms with van der Waals surface area (Å²) >= 11 is 1.01. The smallest absolute Gasteiger partial charge is 0.460 e. The normalized spacial score (nSPS) is 27.3. The summed E-state index contributed by atoms with van der Waals surface area (Å²) in [6, 6.07) is 0.462. The molecule has 2 fully saturated rings. The molecule has 2 unspecified atom stereocenters. The Balaban J connectivity index is 2.37. The highest BCUT2D eigenvalue weighted by molar-refractivity contribution is 14.1. The van der Waals surface area contributed by atoms with Crippen molar-refractivity contribution in [3.05, 3.63) is 9.66 Å². The van der Waals surface area contributed by atoms with Crippen LogP contribution in [0, 0.1) is 5.92 Å². The van der Waals surface area contributed by atoms with Crippen LogP contribution in [-0.4, -0.2) is 94.6 Å². The van der Waals surface area contributed by atoms with E-state index in [1.165, 1.54) is 20.8 Å². The maximum Gasteiger partial charge on any atom is 0.460 e. The van der Waals surface area contributed by atoms with Crippen LogP contribution in [0.4, 0.5) is 35.1 Å². The molecular weight excluding hydrogens is 787 g/mol. The van der Waals surface area contributed by atoms with Gasteiger partial charge in [-0.2, -0.15) is 43.5 Å². The number of alkyl halides is 8. The summed E-state index contributed by atoms with van der Waals surface area (Å²) in [4.78, 5) is 10.6. The molecule has 264 valence electrons. The first-order chi connectivity index (χ1) is 20.0. The van der Waals surface area contributed by atoms with E-state index in [9.17, 15) is 48.3 Å². The molecule has 10 nitrogen and oxygen atoms in total. The summed E-state index contributed by atoms with van der Waals surface area (Å²) in [6.07, 6.45) is -21.3. The van der Waals surface area contributed by atoms with Gasteiger partial charge in [0.25, 0.3) is 0 Å². The van der Waals surface area contributed by atoms with E-state index in [1.54, 1.807) is 0 Å². The molecule has 2 saturated heterocycles. The minimum atomic E-state index is -6.97. The highest BCUT2D eigenvalue weighted by atomic mass is 127. The second-order valence-electron chi connectivity index (χ2n) is 12.2. The van der Waals surface area contributed by atoms with E-state index in [1.807, 2.05) is 19.6 Å². The summed E-state index contributed by atoms with van der Waals surface area (Å²) in [6.45, 7) is 9.86. The molecule has 5 atom stereocenters. The molecule has 0 radical (unpaired) electrons. The van der Waals surface area contributed by atoms with Crippen molar-refractivity contribution in [1.29, 1.82) is 0 Å². The van der Waals surface area contributed by atoms with Gasteiger partial charge in [-0.15, -0.1) is 0 Å². The monoisotopic (exact) mass is 822 g/mol. The molecule has 0 aromatic rings. The molecule has 1 N–H and O–H groups in total. The largest absolute Gasteiger partial charge is 0.481 e. The van der Waals surface area contributed by atoms with E-state index < -0.39 is 106 Å². The Morgan fingerprint density at radius 1 is 1.07 bits per heavy atom. The fourth-order valence-electron chi connectivity index (χ4n) is 4.03. The van der Waals surface area contributed by atoms with Gasteiger partial charge in [-0.05, 0) is 52.5 Å². The van der Waals surface area contributed by atoms with Crippen LogP contribution in [0.3, 0.4) is 0 Å². The number of halogens is 9. The SMILES string of the molecule is C[C@@H]1C(OS(=O)(=O)C(F)(F)C(F)(F)OC(F)(F)C(F)(F)C=C(I)CCC(=O)O)[C@H](OCC[Si](C)(C)C)OC2COC(C)(C)O[C@H]21. The average molecular weight is 823 g/mol. The Kier molecular flexibility index (Phi) is 12.6. The Bertz CT molecular complexity index is 1200. The van der Waals surface area contributed by atoms with E-state index in [4.69, 9.17) is 24.1 Å². The van der Waals surface area contributed by atoms with Gasteiger partial charge in [-0.1, -0.05) is 26.6 Å². The van der Waals surface area contributed by atoms with Crippen molar-refractivity contribution >= 4 is 46.8 Å². The Hall–Kier alpha value is -0.693. The zero-order chi connectivity index (χ0) is 35.0. The first-order valence-corrected chi connectivity index (χ1v) is 19.6. The summed E-state index contributed by atoms with van der Waals surface area (Å²) < 4.78 is 169. The third-order valence-electron chi connectivity index (χ3n) is 6.58. The molecule has 0 aromatic heterocycles. The lowest BCUT2D eigenvalue weighted by Crippen LogP contribution is -2.63. The summed E-state index contributed by atoms with van der Waals surface area (Å²) in [5, 5.41) is 1.92. The summed E-state index contributed by atoms with van der Waals surface area (Å²) in [5.74, 6) is -9.72. The molecule has 2 aliphatic heterocycles. The van der Waals surface area contributed by atoms with Crippen LogP contribution in [0.5, 0.6) is 0 Å². The molecular formula is C24H35F8IO10SSi. The van der Waals surface area contributed by atoms with E-state index in [0.717, 1.165) is 22.6 Å². The Morgan fingerprint density at radius 3 is 2.18 bits per heavy atom. The van der Waals surface area contributed by atoms with Gasteiger partial charge in [0.1, 0.15) is 12.2 Å². The molecule has 0 spiro atoms.